The van der Waals surface area contributed by atoms with Gasteiger partial charge >= 0.3 is 6.03 Å². The third-order valence-electron chi connectivity index (χ3n) is 1.74. The van der Waals surface area contributed by atoms with E-state index in [2.05, 4.69) is 5.32 Å². The standard InChI is InChI=1S/C8H15FN2O/c1-6(2)10-7(12)11-4-8(3,9)5-11/h6H,4-5H2,1-3H3,(H,10,12). The van der Waals surface area contributed by atoms with Crippen LogP contribution in [0.2, 0.25) is 0 Å². The average molecular weight is 174 g/mol. The van der Waals surface area contributed by atoms with Crippen LogP contribution in [0.4, 0.5) is 9.18 Å². The van der Waals surface area contributed by atoms with E-state index in [1.807, 2.05) is 13.8 Å². The summed E-state index contributed by atoms with van der Waals surface area (Å²) >= 11 is 0. The minimum atomic E-state index is -1.17. The summed E-state index contributed by atoms with van der Waals surface area (Å²) in [6.07, 6.45) is 0. The molecule has 0 atom stereocenters. The fraction of sp³-hybridized carbons (Fsp3) is 0.875. The molecule has 0 aromatic heterocycles. The van der Waals surface area contributed by atoms with Crippen LogP contribution in [-0.2, 0) is 0 Å². The lowest BCUT2D eigenvalue weighted by Crippen LogP contribution is -2.62. The molecule has 0 radical (unpaired) electrons. The zero-order valence-corrected chi connectivity index (χ0v) is 7.72. The van der Waals surface area contributed by atoms with Crippen molar-refractivity contribution in [2.24, 2.45) is 0 Å². The molecule has 1 heterocycles. The number of likely N-dealkylation sites (tertiary alicyclic amines) is 1. The zero-order chi connectivity index (χ0) is 9.35. The number of carbonyl (C=O) groups excluding carboxylic acids is 1. The molecule has 1 fully saturated rings. The van der Waals surface area contributed by atoms with Gasteiger partial charge in [0.25, 0.3) is 0 Å². The number of hydrogen-bond donors (Lipinski definition) is 1. The highest BCUT2D eigenvalue weighted by Crippen LogP contribution is 2.23. The minimum Gasteiger partial charge on any atom is -0.336 e. The molecule has 0 aromatic carbocycles. The van der Waals surface area contributed by atoms with Crippen molar-refractivity contribution in [3.05, 3.63) is 0 Å². The van der Waals surface area contributed by atoms with E-state index in [4.69, 9.17) is 0 Å². The lowest BCUT2D eigenvalue weighted by Gasteiger charge is -2.42. The first-order chi connectivity index (χ1) is 5.41. The molecule has 1 saturated heterocycles. The molecule has 0 bridgehead atoms. The largest absolute Gasteiger partial charge is 0.336 e. The molecule has 1 aliphatic heterocycles. The third kappa shape index (κ3) is 2.09. The van der Waals surface area contributed by atoms with Crippen molar-refractivity contribution in [3.63, 3.8) is 0 Å². The van der Waals surface area contributed by atoms with E-state index < -0.39 is 5.67 Å². The van der Waals surface area contributed by atoms with Gasteiger partial charge in [-0.05, 0) is 20.8 Å². The van der Waals surface area contributed by atoms with Crippen molar-refractivity contribution in [2.45, 2.75) is 32.5 Å². The Kier molecular flexibility index (Phi) is 2.26. The van der Waals surface area contributed by atoms with Crippen molar-refractivity contribution in [2.75, 3.05) is 13.1 Å². The fourth-order valence-corrected chi connectivity index (χ4v) is 1.23. The molecule has 3 nitrogen and oxygen atoms in total. The van der Waals surface area contributed by atoms with Gasteiger partial charge in [0.15, 0.2) is 0 Å². The first-order valence-electron chi connectivity index (χ1n) is 4.15. The minimum absolute atomic E-state index is 0.115. The van der Waals surface area contributed by atoms with Gasteiger partial charge in [-0.15, -0.1) is 0 Å². The Morgan fingerprint density at radius 3 is 2.42 bits per heavy atom. The van der Waals surface area contributed by atoms with Gasteiger partial charge in [-0.1, -0.05) is 0 Å². The summed E-state index contributed by atoms with van der Waals surface area (Å²) in [7, 11) is 0. The van der Waals surface area contributed by atoms with Gasteiger partial charge in [0, 0.05) is 6.04 Å². The van der Waals surface area contributed by atoms with E-state index in [0.717, 1.165) is 0 Å². The van der Waals surface area contributed by atoms with Crippen LogP contribution in [0.3, 0.4) is 0 Å². The van der Waals surface area contributed by atoms with Crippen LogP contribution in [0, 0.1) is 0 Å². The Morgan fingerprint density at radius 2 is 2.08 bits per heavy atom. The first kappa shape index (κ1) is 9.29. The topological polar surface area (TPSA) is 32.3 Å². The molecular formula is C8H15FN2O. The molecule has 1 rings (SSSR count). The maximum atomic E-state index is 12.9. The normalized spacial score (nSPS) is 20.6. The Balaban J connectivity index is 2.29. The highest BCUT2D eigenvalue weighted by atomic mass is 19.1. The molecule has 2 amide bonds. The van der Waals surface area contributed by atoms with Gasteiger partial charge in [0.05, 0.1) is 13.1 Å². The van der Waals surface area contributed by atoms with Crippen molar-refractivity contribution in [1.82, 2.24) is 10.2 Å². The van der Waals surface area contributed by atoms with Gasteiger partial charge in [0.2, 0.25) is 0 Å². The number of halogens is 1. The summed E-state index contributed by atoms with van der Waals surface area (Å²) in [5.41, 5.74) is -1.17. The third-order valence-corrected chi connectivity index (χ3v) is 1.74. The molecule has 1 N–H and O–H groups in total. The number of urea groups is 1. The molecule has 4 heteroatoms. The van der Waals surface area contributed by atoms with Crippen LogP contribution >= 0.6 is 0 Å². The maximum Gasteiger partial charge on any atom is 0.317 e. The molecule has 0 unspecified atom stereocenters. The van der Waals surface area contributed by atoms with Crippen LogP contribution < -0.4 is 5.32 Å². The highest BCUT2D eigenvalue weighted by Gasteiger charge is 2.41. The molecule has 0 saturated carbocycles. The van der Waals surface area contributed by atoms with Crippen molar-refractivity contribution < 1.29 is 9.18 Å². The lowest BCUT2D eigenvalue weighted by atomic mass is 10.00. The molecule has 0 aromatic rings. The first-order valence-corrected chi connectivity index (χ1v) is 4.15. The van der Waals surface area contributed by atoms with E-state index >= 15 is 0 Å². The quantitative estimate of drug-likeness (QED) is 0.635. The molecule has 1 aliphatic rings. The smallest absolute Gasteiger partial charge is 0.317 e. The summed E-state index contributed by atoms with van der Waals surface area (Å²) < 4.78 is 12.9. The number of hydrogen-bond acceptors (Lipinski definition) is 1. The molecule has 70 valence electrons. The molecule has 0 aliphatic carbocycles. The van der Waals surface area contributed by atoms with E-state index in [1.165, 1.54) is 11.8 Å². The van der Waals surface area contributed by atoms with Crippen LogP contribution in [0.25, 0.3) is 0 Å². The number of amides is 2. The van der Waals surface area contributed by atoms with Crippen LogP contribution in [0.5, 0.6) is 0 Å². The van der Waals surface area contributed by atoms with E-state index in [-0.39, 0.29) is 25.2 Å². The second-order valence-electron chi connectivity index (χ2n) is 3.87. The number of carbonyl (C=O) groups is 1. The second kappa shape index (κ2) is 2.92. The second-order valence-corrected chi connectivity index (χ2v) is 3.87. The van der Waals surface area contributed by atoms with E-state index in [0.29, 0.717) is 0 Å². The summed E-state index contributed by atoms with van der Waals surface area (Å²) in [6.45, 7) is 5.70. The van der Waals surface area contributed by atoms with E-state index in [9.17, 15) is 9.18 Å². The molecule has 0 spiro atoms. The summed E-state index contributed by atoms with van der Waals surface area (Å²) in [6, 6.07) is -0.0518. The molecule has 12 heavy (non-hydrogen) atoms. The van der Waals surface area contributed by atoms with Crippen molar-refractivity contribution >= 4 is 6.03 Å². The Hall–Kier alpha value is -0.800. The van der Waals surface area contributed by atoms with Crippen molar-refractivity contribution in [3.8, 4) is 0 Å². The monoisotopic (exact) mass is 174 g/mol. The summed E-state index contributed by atoms with van der Waals surface area (Å²) in [5, 5.41) is 2.70. The van der Waals surface area contributed by atoms with E-state index in [1.54, 1.807) is 0 Å². The number of nitrogens with zero attached hydrogens (tertiary/aromatic N) is 1. The zero-order valence-electron chi connectivity index (χ0n) is 7.72. The molecular weight excluding hydrogens is 159 g/mol. The maximum absolute atomic E-state index is 12.9. The van der Waals surface area contributed by atoms with Crippen LogP contribution in [0.1, 0.15) is 20.8 Å². The van der Waals surface area contributed by atoms with Gasteiger partial charge < -0.3 is 10.2 Å². The lowest BCUT2D eigenvalue weighted by molar-refractivity contribution is 0.00957. The number of nitrogens with one attached hydrogen (secondary N) is 1. The Morgan fingerprint density at radius 1 is 1.58 bits per heavy atom. The van der Waals surface area contributed by atoms with Gasteiger partial charge in [0.1, 0.15) is 5.67 Å². The predicted molar refractivity (Wildman–Crippen MR) is 44.8 cm³/mol. The number of rotatable bonds is 1. The van der Waals surface area contributed by atoms with Crippen LogP contribution in [-0.4, -0.2) is 35.7 Å². The van der Waals surface area contributed by atoms with Gasteiger partial charge in [-0.25, -0.2) is 9.18 Å². The van der Waals surface area contributed by atoms with Gasteiger partial charge in [-0.3, -0.25) is 0 Å². The van der Waals surface area contributed by atoms with Gasteiger partial charge in [-0.2, -0.15) is 0 Å². The van der Waals surface area contributed by atoms with Crippen LogP contribution in [0.15, 0.2) is 0 Å². The van der Waals surface area contributed by atoms with Crippen molar-refractivity contribution in [1.29, 1.82) is 0 Å². The highest BCUT2D eigenvalue weighted by molar-refractivity contribution is 5.75. The Bertz CT molecular complexity index is 183. The summed E-state index contributed by atoms with van der Waals surface area (Å²) in [4.78, 5) is 12.6. The predicted octanol–water partition coefficient (Wildman–Crippen LogP) is 1.15. The number of alkyl halides is 1. The fourth-order valence-electron chi connectivity index (χ4n) is 1.23. The Labute approximate surface area is 71.9 Å². The average Bonchev–Trinajstić information content (AvgIpc) is 1.80. The summed E-state index contributed by atoms with van der Waals surface area (Å²) in [5.74, 6) is 0. The SMILES string of the molecule is CC(C)NC(=O)N1CC(C)(F)C1.